The van der Waals surface area contributed by atoms with Crippen LogP contribution < -0.4 is 0 Å². The van der Waals surface area contributed by atoms with Crippen LogP contribution in [0.4, 0.5) is 0 Å². The first-order chi connectivity index (χ1) is 9.13. The van der Waals surface area contributed by atoms with Gasteiger partial charge in [-0.3, -0.25) is 9.20 Å². The van der Waals surface area contributed by atoms with Crippen molar-refractivity contribution >= 4 is 22.3 Å². The summed E-state index contributed by atoms with van der Waals surface area (Å²) in [6, 6.07) is 0. The first-order valence-electron chi connectivity index (χ1n) is 6.77. The number of aromatic nitrogens is 2. The number of aliphatic carboxylic acids is 1. The maximum Gasteiger partial charge on any atom is 0.306 e. The molecule has 1 aliphatic rings. The monoisotopic (exact) mass is 278 g/mol. The number of imidazole rings is 1. The summed E-state index contributed by atoms with van der Waals surface area (Å²) in [5.41, 5.74) is 1.03. The number of carbonyl (C=O) groups is 1. The molecular weight excluding hydrogens is 260 g/mol. The van der Waals surface area contributed by atoms with Gasteiger partial charge >= 0.3 is 5.97 Å². The van der Waals surface area contributed by atoms with Crippen molar-refractivity contribution in [3.63, 3.8) is 0 Å². The van der Waals surface area contributed by atoms with Crippen molar-refractivity contribution in [3.05, 3.63) is 23.5 Å². The van der Waals surface area contributed by atoms with Gasteiger partial charge in [0, 0.05) is 17.8 Å². The van der Waals surface area contributed by atoms with E-state index in [0.29, 0.717) is 5.92 Å². The van der Waals surface area contributed by atoms with Crippen LogP contribution in [0.1, 0.15) is 31.9 Å². The first kappa shape index (κ1) is 12.7. The molecule has 0 bridgehead atoms. The van der Waals surface area contributed by atoms with Gasteiger partial charge in [0.25, 0.3) is 0 Å². The van der Waals surface area contributed by atoms with Crippen molar-refractivity contribution in [2.24, 2.45) is 17.8 Å². The quantitative estimate of drug-likeness (QED) is 0.938. The molecule has 2 aromatic rings. The molecule has 0 aliphatic heterocycles. The van der Waals surface area contributed by atoms with Crippen LogP contribution in [-0.2, 0) is 11.2 Å². The van der Waals surface area contributed by atoms with Gasteiger partial charge in [-0.15, -0.1) is 11.3 Å². The van der Waals surface area contributed by atoms with Gasteiger partial charge < -0.3 is 5.11 Å². The summed E-state index contributed by atoms with van der Waals surface area (Å²) in [5.74, 6) is 0.0176. The van der Waals surface area contributed by atoms with E-state index >= 15 is 0 Å². The second-order valence-corrected chi connectivity index (χ2v) is 6.53. The molecule has 1 aliphatic carbocycles. The SMILES string of the molecule is CC1CCC(C(=O)O)C(Cc2cn3ccsc3n2)C1. The molecule has 1 fully saturated rings. The van der Waals surface area contributed by atoms with Gasteiger partial charge in [0.05, 0.1) is 11.6 Å². The summed E-state index contributed by atoms with van der Waals surface area (Å²) >= 11 is 1.61. The minimum Gasteiger partial charge on any atom is -0.481 e. The van der Waals surface area contributed by atoms with Gasteiger partial charge in [0.2, 0.25) is 0 Å². The fourth-order valence-electron chi connectivity index (χ4n) is 3.19. The average Bonchev–Trinajstić information content (AvgIpc) is 2.89. The minimum atomic E-state index is -0.641. The molecule has 5 heteroatoms. The van der Waals surface area contributed by atoms with Gasteiger partial charge in [0.1, 0.15) is 0 Å². The first-order valence-corrected chi connectivity index (χ1v) is 7.65. The Morgan fingerprint density at radius 3 is 3.16 bits per heavy atom. The molecule has 1 N–H and O–H groups in total. The van der Waals surface area contributed by atoms with Crippen molar-refractivity contribution in [1.82, 2.24) is 9.38 Å². The second kappa shape index (κ2) is 4.96. The van der Waals surface area contributed by atoms with Crippen molar-refractivity contribution in [1.29, 1.82) is 0 Å². The van der Waals surface area contributed by atoms with Crippen LogP contribution in [0.25, 0.3) is 4.96 Å². The average molecular weight is 278 g/mol. The molecule has 0 saturated heterocycles. The molecule has 102 valence electrons. The molecule has 1 saturated carbocycles. The van der Waals surface area contributed by atoms with Crippen LogP contribution in [0.5, 0.6) is 0 Å². The Hall–Kier alpha value is -1.36. The van der Waals surface area contributed by atoms with E-state index in [4.69, 9.17) is 0 Å². The third-order valence-electron chi connectivity index (χ3n) is 4.18. The highest BCUT2D eigenvalue weighted by atomic mass is 32.1. The maximum atomic E-state index is 11.4. The molecular formula is C14H18N2O2S. The summed E-state index contributed by atoms with van der Waals surface area (Å²) in [6.07, 6.45) is 7.66. The van der Waals surface area contributed by atoms with Crippen molar-refractivity contribution in [2.75, 3.05) is 0 Å². The highest BCUT2D eigenvalue weighted by Gasteiger charge is 2.33. The third kappa shape index (κ3) is 2.52. The van der Waals surface area contributed by atoms with Gasteiger partial charge in [-0.25, -0.2) is 4.98 Å². The zero-order valence-electron chi connectivity index (χ0n) is 11.0. The predicted molar refractivity (Wildman–Crippen MR) is 74.4 cm³/mol. The van der Waals surface area contributed by atoms with Crippen LogP contribution in [0.3, 0.4) is 0 Å². The number of rotatable bonds is 3. The fourth-order valence-corrected chi connectivity index (χ4v) is 3.91. The Labute approximate surface area is 116 Å². The Kier molecular flexibility index (Phi) is 3.31. The molecule has 2 heterocycles. The summed E-state index contributed by atoms with van der Waals surface area (Å²) < 4.78 is 2.02. The van der Waals surface area contributed by atoms with E-state index in [-0.39, 0.29) is 11.8 Å². The van der Waals surface area contributed by atoms with E-state index in [1.165, 1.54) is 0 Å². The Morgan fingerprint density at radius 1 is 1.58 bits per heavy atom. The maximum absolute atomic E-state index is 11.4. The second-order valence-electron chi connectivity index (χ2n) is 5.65. The molecule has 3 atom stereocenters. The van der Waals surface area contributed by atoms with Gasteiger partial charge in [0.15, 0.2) is 4.96 Å². The minimum absolute atomic E-state index is 0.198. The van der Waals surface area contributed by atoms with E-state index in [2.05, 4.69) is 11.9 Å². The Bertz CT molecular complexity index is 561. The molecule has 2 aromatic heterocycles. The number of thiazole rings is 1. The Balaban J connectivity index is 1.79. The van der Waals surface area contributed by atoms with Crippen LogP contribution in [0.15, 0.2) is 17.8 Å². The normalized spacial score (nSPS) is 27.7. The van der Waals surface area contributed by atoms with Crippen molar-refractivity contribution in [2.45, 2.75) is 32.6 Å². The molecule has 3 rings (SSSR count). The molecule has 19 heavy (non-hydrogen) atoms. The lowest BCUT2D eigenvalue weighted by molar-refractivity contribution is -0.145. The number of carboxylic acids is 1. The summed E-state index contributed by atoms with van der Waals surface area (Å²) in [6.45, 7) is 2.22. The van der Waals surface area contributed by atoms with Crippen LogP contribution in [-0.4, -0.2) is 20.5 Å². The van der Waals surface area contributed by atoms with E-state index in [1.54, 1.807) is 11.3 Å². The lowest BCUT2D eigenvalue weighted by atomic mass is 9.73. The number of carboxylic acid groups (broad SMARTS) is 1. The Morgan fingerprint density at radius 2 is 2.42 bits per heavy atom. The topological polar surface area (TPSA) is 54.6 Å². The number of fused-ring (bicyclic) bond motifs is 1. The zero-order valence-corrected chi connectivity index (χ0v) is 11.8. The zero-order chi connectivity index (χ0) is 13.4. The lowest BCUT2D eigenvalue weighted by Crippen LogP contribution is -2.31. The highest BCUT2D eigenvalue weighted by molar-refractivity contribution is 7.15. The van der Waals surface area contributed by atoms with Crippen molar-refractivity contribution < 1.29 is 9.90 Å². The molecule has 3 unspecified atom stereocenters. The molecule has 0 amide bonds. The smallest absolute Gasteiger partial charge is 0.306 e. The van der Waals surface area contributed by atoms with Crippen LogP contribution >= 0.6 is 11.3 Å². The number of hydrogen-bond acceptors (Lipinski definition) is 3. The molecule has 4 nitrogen and oxygen atoms in total. The van der Waals surface area contributed by atoms with Crippen LogP contribution in [0.2, 0.25) is 0 Å². The van der Waals surface area contributed by atoms with Gasteiger partial charge in [-0.05, 0) is 37.5 Å². The van der Waals surface area contributed by atoms with Gasteiger partial charge in [-0.1, -0.05) is 6.92 Å². The molecule has 0 aromatic carbocycles. The number of nitrogens with zero attached hydrogens (tertiary/aromatic N) is 2. The van der Waals surface area contributed by atoms with Crippen LogP contribution in [0, 0.1) is 17.8 Å². The highest BCUT2D eigenvalue weighted by Crippen LogP contribution is 2.36. The lowest BCUT2D eigenvalue weighted by Gasteiger charge is -2.31. The number of hydrogen-bond donors (Lipinski definition) is 1. The van der Waals surface area contributed by atoms with E-state index in [1.807, 2.05) is 22.2 Å². The third-order valence-corrected chi connectivity index (χ3v) is 4.95. The van der Waals surface area contributed by atoms with Crippen molar-refractivity contribution in [3.8, 4) is 0 Å². The predicted octanol–water partition coefficient (Wildman–Crippen LogP) is 3.08. The van der Waals surface area contributed by atoms with E-state index in [9.17, 15) is 9.90 Å². The summed E-state index contributed by atoms with van der Waals surface area (Å²) in [5, 5.41) is 11.4. The molecule has 0 spiro atoms. The standard InChI is InChI=1S/C14H18N2O2S/c1-9-2-3-12(13(17)18)10(6-9)7-11-8-16-4-5-19-14(16)15-11/h4-5,8-10,12H,2-3,6-7H2,1H3,(H,17,18). The molecule has 0 radical (unpaired) electrons. The largest absolute Gasteiger partial charge is 0.481 e. The van der Waals surface area contributed by atoms with Gasteiger partial charge in [-0.2, -0.15) is 0 Å². The summed E-state index contributed by atoms with van der Waals surface area (Å²) in [4.78, 5) is 16.9. The summed E-state index contributed by atoms with van der Waals surface area (Å²) in [7, 11) is 0. The van der Waals surface area contributed by atoms with E-state index in [0.717, 1.165) is 36.3 Å². The van der Waals surface area contributed by atoms with E-state index < -0.39 is 5.97 Å². The fraction of sp³-hybridized carbons (Fsp3) is 0.571.